The normalized spacial score (nSPS) is 11.2. The number of sulfone groups is 1. The molecule has 7 heteroatoms. The summed E-state index contributed by atoms with van der Waals surface area (Å²) in [6.07, 6.45) is 3.98. The van der Waals surface area contributed by atoms with Crippen molar-refractivity contribution < 1.29 is 13.2 Å². The molecule has 3 aromatic rings. The summed E-state index contributed by atoms with van der Waals surface area (Å²) in [5.41, 5.74) is 2.07. The van der Waals surface area contributed by atoms with Crippen molar-refractivity contribution in [3.05, 3.63) is 95.3 Å². The molecule has 0 bridgehead atoms. The van der Waals surface area contributed by atoms with Crippen LogP contribution in [0.1, 0.15) is 17.5 Å². The number of pyridine rings is 1. The molecular formula is C23H23ClN2O3S. The minimum Gasteiger partial charge on any atom is -0.338 e. The zero-order valence-electron chi connectivity index (χ0n) is 16.4. The zero-order chi connectivity index (χ0) is 21.4. The largest absolute Gasteiger partial charge is 0.338 e. The van der Waals surface area contributed by atoms with Gasteiger partial charge in [0, 0.05) is 36.9 Å². The van der Waals surface area contributed by atoms with Gasteiger partial charge in [0.15, 0.2) is 9.84 Å². The van der Waals surface area contributed by atoms with Crippen LogP contribution in [0.4, 0.5) is 0 Å². The van der Waals surface area contributed by atoms with Gasteiger partial charge in [0.1, 0.15) is 0 Å². The fourth-order valence-electron chi connectivity index (χ4n) is 3.05. The number of nitrogens with zero attached hydrogens (tertiary/aromatic N) is 2. The van der Waals surface area contributed by atoms with Crippen molar-refractivity contribution in [3.63, 3.8) is 0 Å². The molecule has 3 rings (SSSR count). The first kappa shape index (κ1) is 22.0. The molecule has 0 aliphatic carbocycles. The third kappa shape index (κ3) is 6.40. The van der Waals surface area contributed by atoms with E-state index in [1.54, 1.807) is 17.3 Å². The minimum atomic E-state index is -3.56. The fraction of sp³-hybridized carbons (Fsp3) is 0.217. The van der Waals surface area contributed by atoms with E-state index in [-0.39, 0.29) is 23.0 Å². The first-order valence-corrected chi connectivity index (χ1v) is 11.7. The summed E-state index contributed by atoms with van der Waals surface area (Å²) in [7, 11) is -3.56. The number of hydrogen-bond donors (Lipinski definition) is 0. The summed E-state index contributed by atoms with van der Waals surface area (Å²) in [4.78, 5) is 18.8. The second-order valence-electron chi connectivity index (χ2n) is 6.93. The van der Waals surface area contributed by atoms with Gasteiger partial charge in [-0.25, -0.2) is 8.42 Å². The molecule has 0 saturated carbocycles. The second-order valence-corrected chi connectivity index (χ2v) is 9.47. The molecule has 1 heterocycles. The number of rotatable bonds is 9. The van der Waals surface area contributed by atoms with Crippen LogP contribution in [0.5, 0.6) is 0 Å². The molecule has 5 nitrogen and oxygen atoms in total. The maximum atomic E-state index is 12.9. The smallest absolute Gasteiger partial charge is 0.223 e. The Bertz CT molecular complexity index is 1060. The molecule has 0 spiro atoms. The van der Waals surface area contributed by atoms with Crippen molar-refractivity contribution >= 4 is 27.3 Å². The van der Waals surface area contributed by atoms with Crippen molar-refractivity contribution in [1.82, 2.24) is 9.88 Å². The summed E-state index contributed by atoms with van der Waals surface area (Å²) in [6, 6.07) is 19.6. The van der Waals surface area contributed by atoms with E-state index in [4.69, 9.17) is 11.6 Å². The molecule has 1 aromatic heterocycles. The second kappa shape index (κ2) is 10.4. The summed E-state index contributed by atoms with van der Waals surface area (Å²) in [5.74, 6) is -0.439. The van der Waals surface area contributed by atoms with Crippen LogP contribution in [-0.2, 0) is 27.6 Å². The topological polar surface area (TPSA) is 67.3 Å². The molecule has 2 aromatic carbocycles. The van der Waals surface area contributed by atoms with E-state index in [9.17, 15) is 13.2 Å². The van der Waals surface area contributed by atoms with E-state index >= 15 is 0 Å². The Kier molecular flexibility index (Phi) is 7.60. The van der Waals surface area contributed by atoms with Crippen LogP contribution < -0.4 is 0 Å². The van der Waals surface area contributed by atoms with Crippen LogP contribution in [0.15, 0.2) is 84.0 Å². The molecule has 0 radical (unpaired) electrons. The maximum Gasteiger partial charge on any atom is 0.223 e. The van der Waals surface area contributed by atoms with E-state index in [2.05, 4.69) is 4.98 Å². The highest BCUT2D eigenvalue weighted by atomic mass is 35.5. The number of benzene rings is 2. The third-order valence-corrected chi connectivity index (χ3v) is 6.73. The Morgan fingerprint density at radius 2 is 1.57 bits per heavy atom. The lowest BCUT2D eigenvalue weighted by Gasteiger charge is -2.23. The van der Waals surface area contributed by atoms with Gasteiger partial charge in [-0.15, -0.1) is 0 Å². The highest BCUT2D eigenvalue weighted by Gasteiger charge is 2.20. The maximum absolute atomic E-state index is 12.9. The third-order valence-electron chi connectivity index (χ3n) is 4.75. The summed E-state index contributed by atoms with van der Waals surface area (Å²) >= 11 is 5.83. The monoisotopic (exact) mass is 442 g/mol. The predicted octanol–water partition coefficient (Wildman–Crippen LogP) is 4.17. The van der Waals surface area contributed by atoms with Gasteiger partial charge in [-0.05, 0) is 53.9 Å². The van der Waals surface area contributed by atoms with Crippen LogP contribution in [-0.4, -0.2) is 36.5 Å². The molecule has 0 unspecified atom stereocenters. The quantitative estimate of drug-likeness (QED) is 0.498. The van der Waals surface area contributed by atoms with E-state index in [0.29, 0.717) is 24.5 Å². The van der Waals surface area contributed by atoms with Gasteiger partial charge in [0.25, 0.3) is 0 Å². The Balaban J connectivity index is 1.68. The van der Waals surface area contributed by atoms with Gasteiger partial charge in [0.05, 0.1) is 10.6 Å². The number of carbonyl (C=O) groups excluding carboxylic acids is 1. The van der Waals surface area contributed by atoms with Crippen molar-refractivity contribution in [3.8, 4) is 0 Å². The average Bonchev–Trinajstić information content (AvgIpc) is 2.77. The van der Waals surface area contributed by atoms with Gasteiger partial charge in [-0.3, -0.25) is 9.78 Å². The summed E-state index contributed by atoms with van der Waals surface area (Å²) in [6.45, 7) is 0.918. The highest BCUT2D eigenvalue weighted by molar-refractivity contribution is 7.91. The van der Waals surface area contributed by atoms with Gasteiger partial charge < -0.3 is 4.90 Å². The SMILES string of the molecule is O=C(CCS(=O)(=O)c1ccc(Cl)cc1)N(CCc1ccccc1)Cc1ccncc1. The van der Waals surface area contributed by atoms with Crippen molar-refractivity contribution in [2.45, 2.75) is 24.3 Å². The Morgan fingerprint density at radius 1 is 0.900 bits per heavy atom. The first-order valence-electron chi connectivity index (χ1n) is 9.63. The van der Waals surface area contributed by atoms with Crippen molar-refractivity contribution in [2.75, 3.05) is 12.3 Å². The van der Waals surface area contributed by atoms with Gasteiger partial charge in [0.2, 0.25) is 5.91 Å². The Labute approximate surface area is 182 Å². The lowest BCUT2D eigenvalue weighted by atomic mass is 10.1. The van der Waals surface area contributed by atoms with Gasteiger partial charge >= 0.3 is 0 Å². The Hall–Kier alpha value is -2.70. The molecule has 0 N–H and O–H groups in total. The Morgan fingerprint density at radius 3 is 2.23 bits per heavy atom. The molecule has 0 fully saturated rings. The number of amides is 1. The molecule has 0 atom stereocenters. The summed E-state index contributed by atoms with van der Waals surface area (Å²) < 4.78 is 25.2. The van der Waals surface area contributed by atoms with E-state index in [1.807, 2.05) is 42.5 Å². The fourth-order valence-corrected chi connectivity index (χ4v) is 4.40. The molecule has 30 heavy (non-hydrogen) atoms. The first-order chi connectivity index (χ1) is 14.4. The van der Waals surface area contributed by atoms with Crippen molar-refractivity contribution in [1.29, 1.82) is 0 Å². The molecule has 0 aliphatic heterocycles. The van der Waals surface area contributed by atoms with E-state index in [0.717, 1.165) is 11.1 Å². The molecule has 156 valence electrons. The number of aromatic nitrogens is 1. The summed E-state index contributed by atoms with van der Waals surface area (Å²) in [5, 5.41) is 0.467. The van der Waals surface area contributed by atoms with Crippen LogP contribution in [0, 0.1) is 0 Å². The lowest BCUT2D eigenvalue weighted by molar-refractivity contribution is -0.131. The standard InChI is InChI=1S/C23H23ClN2O3S/c24-21-6-8-22(9-7-21)30(28,29)17-13-23(27)26(18-20-10-14-25-15-11-20)16-12-19-4-2-1-3-5-19/h1-11,14-15H,12-13,16-18H2. The lowest BCUT2D eigenvalue weighted by Crippen LogP contribution is -2.33. The van der Waals surface area contributed by atoms with Crippen LogP contribution in [0.25, 0.3) is 0 Å². The molecule has 0 saturated heterocycles. The van der Waals surface area contributed by atoms with Crippen LogP contribution in [0.3, 0.4) is 0 Å². The highest BCUT2D eigenvalue weighted by Crippen LogP contribution is 2.17. The van der Waals surface area contributed by atoms with E-state index < -0.39 is 9.84 Å². The van der Waals surface area contributed by atoms with Crippen molar-refractivity contribution in [2.24, 2.45) is 0 Å². The number of hydrogen-bond acceptors (Lipinski definition) is 4. The number of carbonyl (C=O) groups is 1. The van der Waals surface area contributed by atoms with E-state index in [1.165, 1.54) is 24.3 Å². The van der Waals surface area contributed by atoms with Crippen LogP contribution in [0.2, 0.25) is 5.02 Å². The number of halogens is 1. The van der Waals surface area contributed by atoms with Gasteiger partial charge in [-0.2, -0.15) is 0 Å². The predicted molar refractivity (Wildman–Crippen MR) is 118 cm³/mol. The van der Waals surface area contributed by atoms with Gasteiger partial charge in [-0.1, -0.05) is 41.9 Å². The minimum absolute atomic E-state index is 0.0785. The van der Waals surface area contributed by atoms with Crippen LogP contribution >= 0.6 is 11.6 Å². The molecule has 1 amide bonds. The zero-order valence-corrected chi connectivity index (χ0v) is 18.0. The average molecular weight is 443 g/mol. The molecular weight excluding hydrogens is 420 g/mol. The molecule has 0 aliphatic rings.